The first kappa shape index (κ1) is 17.9. The number of ether oxygens (including phenoxy) is 2. The Labute approximate surface area is 128 Å². The summed E-state index contributed by atoms with van der Waals surface area (Å²) in [5.41, 5.74) is 22.8. The van der Waals surface area contributed by atoms with Gasteiger partial charge in [0, 0.05) is 18.6 Å². The molecular weight excluding hydrogens is 296 g/mol. The van der Waals surface area contributed by atoms with Crippen molar-refractivity contribution in [3.63, 3.8) is 0 Å². The third-order valence-corrected chi connectivity index (χ3v) is 4.36. The fourth-order valence-electron chi connectivity index (χ4n) is 2.89. The Morgan fingerprint density at radius 3 is 2.14 bits per heavy atom. The molecule has 0 spiro atoms. The maximum atomic E-state index is 10.1. The second kappa shape index (κ2) is 7.01. The Morgan fingerprint density at radius 2 is 1.55 bits per heavy atom. The summed E-state index contributed by atoms with van der Waals surface area (Å²) in [7, 11) is 0. The Morgan fingerprint density at radius 1 is 0.909 bits per heavy atom. The van der Waals surface area contributed by atoms with E-state index in [1.165, 1.54) is 0 Å². The standard InChI is InChI=1S/C12H26N4O6/c13-2-5-8(18)9(19)6(16)12(21-5)22-11-4(15)1-3(14)7(17)10(11)20/h3-12,17-20H,1-2,13-16H2/t3-,4-,5+,6-,7+,8-,9+,10-,11-,12-/m1/s1. The third kappa shape index (κ3) is 3.26. The van der Waals surface area contributed by atoms with Gasteiger partial charge in [-0.3, -0.25) is 0 Å². The minimum Gasteiger partial charge on any atom is -0.389 e. The first-order valence-corrected chi connectivity index (χ1v) is 7.28. The Kier molecular flexibility index (Phi) is 5.72. The van der Waals surface area contributed by atoms with Gasteiger partial charge in [-0.15, -0.1) is 0 Å². The Balaban J connectivity index is 2.08. The van der Waals surface area contributed by atoms with Crippen LogP contribution in [0.25, 0.3) is 0 Å². The van der Waals surface area contributed by atoms with Crippen LogP contribution in [0, 0.1) is 0 Å². The molecule has 0 aromatic heterocycles. The van der Waals surface area contributed by atoms with E-state index in [9.17, 15) is 20.4 Å². The van der Waals surface area contributed by atoms with Crippen LogP contribution in [-0.4, -0.2) is 88.0 Å². The van der Waals surface area contributed by atoms with Crippen molar-refractivity contribution in [2.75, 3.05) is 6.54 Å². The predicted octanol–water partition coefficient (Wildman–Crippen LogP) is -5.12. The van der Waals surface area contributed by atoms with Gasteiger partial charge in [-0.05, 0) is 6.42 Å². The fraction of sp³-hybridized carbons (Fsp3) is 1.00. The van der Waals surface area contributed by atoms with Gasteiger partial charge in [0.15, 0.2) is 6.29 Å². The van der Waals surface area contributed by atoms with Crippen LogP contribution in [0.1, 0.15) is 6.42 Å². The summed E-state index contributed by atoms with van der Waals surface area (Å²) in [6, 6.07) is -2.34. The smallest absolute Gasteiger partial charge is 0.176 e. The van der Waals surface area contributed by atoms with Crippen LogP contribution in [-0.2, 0) is 9.47 Å². The Hall–Kier alpha value is -0.400. The normalized spacial score (nSPS) is 53.5. The Bertz CT molecular complexity index is 376. The van der Waals surface area contributed by atoms with E-state index < -0.39 is 61.0 Å². The maximum absolute atomic E-state index is 10.1. The molecule has 2 aliphatic rings. The number of aliphatic hydroxyl groups excluding tert-OH is 4. The van der Waals surface area contributed by atoms with Crippen molar-refractivity contribution < 1.29 is 29.9 Å². The van der Waals surface area contributed by atoms with E-state index in [-0.39, 0.29) is 13.0 Å². The van der Waals surface area contributed by atoms with Gasteiger partial charge in [-0.25, -0.2) is 0 Å². The zero-order valence-electron chi connectivity index (χ0n) is 12.1. The van der Waals surface area contributed by atoms with Crippen LogP contribution in [0.2, 0.25) is 0 Å². The summed E-state index contributed by atoms with van der Waals surface area (Å²) < 4.78 is 11.0. The zero-order valence-corrected chi connectivity index (χ0v) is 12.1. The SMILES string of the molecule is NC[C@@H]1O[C@H](O[C@H]2[C@H](O)[C@@H](O)[C@H](N)C[C@H]2N)[C@H](N)[C@H](O)[C@@H]1O. The van der Waals surface area contributed by atoms with Crippen molar-refractivity contribution in [2.24, 2.45) is 22.9 Å². The van der Waals surface area contributed by atoms with Crippen LogP contribution < -0.4 is 22.9 Å². The van der Waals surface area contributed by atoms with Crippen LogP contribution in [0.5, 0.6) is 0 Å². The first-order valence-electron chi connectivity index (χ1n) is 7.28. The molecule has 12 N–H and O–H groups in total. The monoisotopic (exact) mass is 322 g/mol. The summed E-state index contributed by atoms with van der Waals surface area (Å²) in [6.07, 6.45) is -7.73. The first-order chi connectivity index (χ1) is 10.3. The molecule has 2 rings (SSSR count). The second-order valence-corrected chi connectivity index (χ2v) is 5.98. The van der Waals surface area contributed by atoms with Crippen LogP contribution >= 0.6 is 0 Å². The zero-order chi connectivity index (χ0) is 16.6. The molecule has 0 unspecified atom stereocenters. The lowest BCUT2D eigenvalue weighted by molar-refractivity contribution is -0.287. The third-order valence-electron chi connectivity index (χ3n) is 4.36. The molecule has 0 radical (unpaired) electrons. The van der Waals surface area contributed by atoms with Crippen molar-refractivity contribution >= 4 is 0 Å². The number of rotatable bonds is 3. The van der Waals surface area contributed by atoms with E-state index in [0.717, 1.165) is 0 Å². The van der Waals surface area contributed by atoms with E-state index >= 15 is 0 Å². The summed E-state index contributed by atoms with van der Waals surface area (Å²) in [5.74, 6) is 0. The highest BCUT2D eigenvalue weighted by Gasteiger charge is 2.47. The summed E-state index contributed by atoms with van der Waals surface area (Å²) in [6.45, 7) is -0.0441. The van der Waals surface area contributed by atoms with Crippen molar-refractivity contribution in [1.82, 2.24) is 0 Å². The maximum Gasteiger partial charge on any atom is 0.176 e. The van der Waals surface area contributed by atoms with Gasteiger partial charge in [0.25, 0.3) is 0 Å². The molecule has 0 amide bonds. The molecule has 10 atom stereocenters. The van der Waals surface area contributed by atoms with E-state index in [2.05, 4.69) is 0 Å². The average Bonchev–Trinajstić information content (AvgIpc) is 2.49. The highest BCUT2D eigenvalue weighted by Crippen LogP contribution is 2.26. The van der Waals surface area contributed by atoms with Gasteiger partial charge in [-0.1, -0.05) is 0 Å². The quantitative estimate of drug-likeness (QED) is 0.248. The molecule has 1 aliphatic heterocycles. The fourth-order valence-corrected chi connectivity index (χ4v) is 2.89. The highest BCUT2D eigenvalue weighted by molar-refractivity contribution is 4.99. The van der Waals surface area contributed by atoms with E-state index in [4.69, 9.17) is 32.4 Å². The van der Waals surface area contributed by atoms with Gasteiger partial charge < -0.3 is 52.8 Å². The molecule has 10 nitrogen and oxygen atoms in total. The summed E-state index contributed by atoms with van der Waals surface area (Å²) in [5, 5.41) is 39.6. The van der Waals surface area contributed by atoms with Crippen LogP contribution in [0.4, 0.5) is 0 Å². The molecule has 1 saturated carbocycles. The predicted molar refractivity (Wildman–Crippen MR) is 75.2 cm³/mol. The van der Waals surface area contributed by atoms with Crippen LogP contribution in [0.3, 0.4) is 0 Å². The summed E-state index contributed by atoms with van der Waals surface area (Å²) >= 11 is 0. The minimum atomic E-state index is -1.31. The largest absolute Gasteiger partial charge is 0.389 e. The molecule has 1 aliphatic carbocycles. The molecule has 1 heterocycles. The van der Waals surface area contributed by atoms with Crippen molar-refractivity contribution in [3.05, 3.63) is 0 Å². The number of nitrogens with two attached hydrogens (primary N) is 4. The second-order valence-electron chi connectivity index (χ2n) is 5.98. The highest BCUT2D eigenvalue weighted by atomic mass is 16.7. The lowest BCUT2D eigenvalue weighted by atomic mass is 9.84. The molecule has 0 bridgehead atoms. The van der Waals surface area contributed by atoms with Gasteiger partial charge in [0.2, 0.25) is 0 Å². The molecule has 1 saturated heterocycles. The number of aliphatic hydroxyl groups is 4. The molecule has 22 heavy (non-hydrogen) atoms. The molecule has 0 aromatic rings. The lowest BCUT2D eigenvalue weighted by Crippen LogP contribution is -2.67. The lowest BCUT2D eigenvalue weighted by Gasteiger charge is -2.45. The van der Waals surface area contributed by atoms with Gasteiger partial charge in [-0.2, -0.15) is 0 Å². The molecule has 0 aromatic carbocycles. The van der Waals surface area contributed by atoms with Crippen molar-refractivity contribution in [2.45, 2.75) is 67.5 Å². The molecule has 2 fully saturated rings. The van der Waals surface area contributed by atoms with Gasteiger partial charge in [0.05, 0.1) is 12.1 Å². The molecule has 10 heteroatoms. The number of hydrogen-bond acceptors (Lipinski definition) is 10. The van der Waals surface area contributed by atoms with Crippen LogP contribution in [0.15, 0.2) is 0 Å². The number of hydrogen-bond donors (Lipinski definition) is 8. The van der Waals surface area contributed by atoms with E-state index in [1.807, 2.05) is 0 Å². The van der Waals surface area contributed by atoms with Crippen molar-refractivity contribution in [3.8, 4) is 0 Å². The van der Waals surface area contributed by atoms with Gasteiger partial charge in [0.1, 0.15) is 30.5 Å². The summed E-state index contributed by atoms with van der Waals surface area (Å²) in [4.78, 5) is 0. The van der Waals surface area contributed by atoms with E-state index in [1.54, 1.807) is 0 Å². The average molecular weight is 322 g/mol. The van der Waals surface area contributed by atoms with Crippen molar-refractivity contribution in [1.29, 1.82) is 0 Å². The topological polar surface area (TPSA) is 203 Å². The minimum absolute atomic E-state index is 0.0441. The molecule has 130 valence electrons. The van der Waals surface area contributed by atoms with Gasteiger partial charge >= 0.3 is 0 Å². The van der Waals surface area contributed by atoms with E-state index in [0.29, 0.717) is 0 Å². The molecular formula is C12H26N4O6.